The van der Waals surface area contributed by atoms with E-state index in [1.807, 2.05) is 14.0 Å². The Balaban J connectivity index is 1.69. The standard InChI is InChI=1S/C17H21FN4O2/c1-11-12(3-5-19)13-9-16(14(18)10-15(13)20-11)23-7-8-24-17-4-6-22(2)21-17/h4,6,9-10,20H,3,5,7-8,19H2,1-2H3. The first-order chi connectivity index (χ1) is 11.6. The Hall–Kier alpha value is -2.54. The summed E-state index contributed by atoms with van der Waals surface area (Å²) < 4.78 is 26.8. The predicted molar refractivity (Wildman–Crippen MR) is 90.0 cm³/mol. The van der Waals surface area contributed by atoms with E-state index in [0.29, 0.717) is 12.4 Å². The van der Waals surface area contributed by atoms with Crippen molar-refractivity contribution in [3.8, 4) is 11.6 Å². The number of aromatic nitrogens is 3. The van der Waals surface area contributed by atoms with Gasteiger partial charge in [-0.3, -0.25) is 4.68 Å². The highest BCUT2D eigenvalue weighted by Crippen LogP contribution is 2.29. The molecule has 0 saturated heterocycles. The van der Waals surface area contributed by atoms with Crippen LogP contribution in [0, 0.1) is 12.7 Å². The molecule has 1 aromatic carbocycles. The third kappa shape index (κ3) is 3.35. The topological polar surface area (TPSA) is 78.1 Å². The van der Waals surface area contributed by atoms with E-state index in [1.54, 1.807) is 23.0 Å². The van der Waals surface area contributed by atoms with Gasteiger partial charge in [0.15, 0.2) is 11.6 Å². The van der Waals surface area contributed by atoms with E-state index in [2.05, 4.69) is 10.1 Å². The molecule has 0 fully saturated rings. The lowest BCUT2D eigenvalue weighted by molar-refractivity contribution is 0.206. The van der Waals surface area contributed by atoms with E-state index in [0.717, 1.165) is 28.6 Å². The van der Waals surface area contributed by atoms with Crippen molar-refractivity contribution in [2.45, 2.75) is 13.3 Å². The Kier molecular flexibility index (Phi) is 4.71. The Morgan fingerprint density at radius 2 is 2.08 bits per heavy atom. The number of aromatic amines is 1. The molecule has 3 rings (SSSR count). The van der Waals surface area contributed by atoms with E-state index in [9.17, 15) is 4.39 Å². The largest absolute Gasteiger partial charge is 0.487 e. The molecule has 24 heavy (non-hydrogen) atoms. The monoisotopic (exact) mass is 332 g/mol. The molecule has 2 aromatic heterocycles. The molecule has 6 nitrogen and oxygen atoms in total. The lowest BCUT2D eigenvalue weighted by Gasteiger charge is -2.08. The highest BCUT2D eigenvalue weighted by Gasteiger charge is 2.13. The number of ether oxygens (including phenoxy) is 2. The Morgan fingerprint density at radius 1 is 1.29 bits per heavy atom. The van der Waals surface area contributed by atoms with E-state index in [-0.39, 0.29) is 19.0 Å². The number of halogens is 1. The lowest BCUT2D eigenvalue weighted by atomic mass is 10.1. The minimum absolute atomic E-state index is 0.212. The van der Waals surface area contributed by atoms with Gasteiger partial charge in [-0.25, -0.2) is 4.39 Å². The number of nitrogens with zero attached hydrogens (tertiary/aromatic N) is 2. The molecule has 0 spiro atoms. The predicted octanol–water partition coefficient (Wildman–Crippen LogP) is 2.31. The first-order valence-corrected chi connectivity index (χ1v) is 7.84. The van der Waals surface area contributed by atoms with Gasteiger partial charge in [0.25, 0.3) is 0 Å². The van der Waals surface area contributed by atoms with Crippen LogP contribution in [0.4, 0.5) is 4.39 Å². The molecule has 7 heteroatoms. The van der Waals surface area contributed by atoms with Gasteiger partial charge in [0, 0.05) is 42.0 Å². The second-order valence-electron chi connectivity index (χ2n) is 5.62. The summed E-state index contributed by atoms with van der Waals surface area (Å²) in [6.07, 6.45) is 2.52. The zero-order valence-electron chi connectivity index (χ0n) is 13.8. The van der Waals surface area contributed by atoms with Crippen molar-refractivity contribution in [2.75, 3.05) is 19.8 Å². The minimum Gasteiger partial charge on any atom is -0.487 e. The number of hydrogen-bond donors (Lipinski definition) is 2. The third-order valence-electron chi connectivity index (χ3n) is 3.85. The fourth-order valence-corrected chi connectivity index (χ4v) is 2.73. The minimum atomic E-state index is -0.402. The van der Waals surface area contributed by atoms with Crippen molar-refractivity contribution < 1.29 is 13.9 Å². The van der Waals surface area contributed by atoms with Crippen molar-refractivity contribution in [3.05, 3.63) is 41.5 Å². The van der Waals surface area contributed by atoms with Gasteiger partial charge in [0.05, 0.1) is 0 Å². The van der Waals surface area contributed by atoms with Crippen molar-refractivity contribution in [1.82, 2.24) is 14.8 Å². The molecule has 3 aromatic rings. The molecular weight excluding hydrogens is 311 g/mol. The summed E-state index contributed by atoms with van der Waals surface area (Å²) in [5.41, 5.74) is 8.52. The smallest absolute Gasteiger partial charge is 0.232 e. The van der Waals surface area contributed by atoms with Crippen LogP contribution in [0.15, 0.2) is 24.4 Å². The molecule has 0 aliphatic carbocycles. The molecule has 0 unspecified atom stereocenters. The Bertz CT molecular complexity index is 841. The quantitative estimate of drug-likeness (QED) is 0.651. The maximum absolute atomic E-state index is 14.2. The normalized spacial score (nSPS) is 11.2. The summed E-state index contributed by atoms with van der Waals surface area (Å²) >= 11 is 0. The Morgan fingerprint density at radius 3 is 2.79 bits per heavy atom. The van der Waals surface area contributed by atoms with Crippen LogP contribution in [-0.2, 0) is 13.5 Å². The van der Waals surface area contributed by atoms with E-state index in [4.69, 9.17) is 15.2 Å². The third-order valence-corrected chi connectivity index (χ3v) is 3.85. The average Bonchev–Trinajstić information content (AvgIpc) is 3.08. The van der Waals surface area contributed by atoms with Crippen LogP contribution in [0.3, 0.4) is 0 Å². The van der Waals surface area contributed by atoms with Gasteiger partial charge < -0.3 is 20.2 Å². The van der Waals surface area contributed by atoms with E-state index >= 15 is 0 Å². The van der Waals surface area contributed by atoms with Gasteiger partial charge >= 0.3 is 0 Å². The number of hydrogen-bond acceptors (Lipinski definition) is 4. The molecule has 0 amide bonds. The van der Waals surface area contributed by atoms with Crippen LogP contribution in [-0.4, -0.2) is 34.5 Å². The van der Waals surface area contributed by atoms with Crippen LogP contribution in [0.5, 0.6) is 11.6 Å². The van der Waals surface area contributed by atoms with Crippen molar-refractivity contribution in [2.24, 2.45) is 12.8 Å². The number of H-pyrrole nitrogens is 1. The van der Waals surface area contributed by atoms with Crippen molar-refractivity contribution in [1.29, 1.82) is 0 Å². The van der Waals surface area contributed by atoms with Crippen molar-refractivity contribution in [3.63, 3.8) is 0 Å². The summed E-state index contributed by atoms with van der Waals surface area (Å²) in [5.74, 6) is 0.328. The SMILES string of the molecule is Cc1[nH]c2cc(F)c(OCCOc3ccn(C)n3)cc2c1CCN. The molecule has 0 bridgehead atoms. The van der Waals surface area contributed by atoms with Gasteiger partial charge in [0.1, 0.15) is 13.2 Å². The lowest BCUT2D eigenvalue weighted by Crippen LogP contribution is -2.10. The second-order valence-corrected chi connectivity index (χ2v) is 5.62. The second kappa shape index (κ2) is 6.92. The highest BCUT2D eigenvalue weighted by atomic mass is 19.1. The molecule has 0 aliphatic rings. The molecule has 0 atom stereocenters. The summed E-state index contributed by atoms with van der Waals surface area (Å²) in [5, 5.41) is 5.04. The van der Waals surface area contributed by atoms with E-state index in [1.165, 1.54) is 6.07 Å². The summed E-state index contributed by atoms with van der Waals surface area (Å²) in [6.45, 7) is 3.02. The van der Waals surface area contributed by atoms with Crippen LogP contribution < -0.4 is 15.2 Å². The average molecular weight is 332 g/mol. The summed E-state index contributed by atoms with van der Waals surface area (Å²) in [7, 11) is 1.81. The zero-order chi connectivity index (χ0) is 17.1. The number of benzene rings is 1. The molecule has 0 saturated carbocycles. The molecule has 2 heterocycles. The van der Waals surface area contributed by atoms with Gasteiger partial charge in [-0.05, 0) is 31.5 Å². The number of fused-ring (bicyclic) bond motifs is 1. The van der Waals surface area contributed by atoms with Gasteiger partial charge in [-0.15, -0.1) is 5.10 Å². The summed E-state index contributed by atoms with van der Waals surface area (Å²) in [4.78, 5) is 3.18. The van der Waals surface area contributed by atoms with Crippen molar-refractivity contribution >= 4 is 10.9 Å². The fourth-order valence-electron chi connectivity index (χ4n) is 2.73. The van der Waals surface area contributed by atoms with Gasteiger partial charge in [-0.2, -0.15) is 0 Å². The van der Waals surface area contributed by atoms with Crippen LogP contribution in [0.1, 0.15) is 11.3 Å². The number of nitrogens with one attached hydrogen (secondary N) is 1. The molecule has 3 N–H and O–H groups in total. The molecule has 0 aliphatic heterocycles. The van der Waals surface area contributed by atoms with Gasteiger partial charge in [-0.1, -0.05) is 0 Å². The number of aryl methyl sites for hydroxylation is 2. The maximum atomic E-state index is 14.2. The first kappa shape index (κ1) is 16.3. The number of rotatable bonds is 7. The highest BCUT2D eigenvalue weighted by molar-refractivity contribution is 5.86. The molecule has 0 radical (unpaired) electrons. The maximum Gasteiger partial charge on any atom is 0.232 e. The molecular formula is C17H21FN4O2. The van der Waals surface area contributed by atoms with Gasteiger partial charge in [0.2, 0.25) is 5.88 Å². The number of nitrogens with two attached hydrogens (primary N) is 1. The van der Waals surface area contributed by atoms with Crippen LogP contribution >= 0.6 is 0 Å². The fraction of sp³-hybridized carbons (Fsp3) is 0.353. The first-order valence-electron chi connectivity index (χ1n) is 7.84. The summed E-state index contributed by atoms with van der Waals surface area (Å²) in [6, 6.07) is 4.94. The Labute approximate surface area is 139 Å². The van der Waals surface area contributed by atoms with Crippen LogP contribution in [0.25, 0.3) is 10.9 Å². The van der Waals surface area contributed by atoms with Crippen LogP contribution in [0.2, 0.25) is 0 Å². The molecule has 128 valence electrons. The van der Waals surface area contributed by atoms with E-state index < -0.39 is 5.82 Å². The zero-order valence-corrected chi connectivity index (χ0v) is 13.8.